The lowest BCUT2D eigenvalue weighted by molar-refractivity contribution is -0.126. The van der Waals surface area contributed by atoms with Gasteiger partial charge in [-0.15, -0.1) is 0 Å². The van der Waals surface area contributed by atoms with E-state index in [1.165, 1.54) is 9.36 Å². The van der Waals surface area contributed by atoms with Gasteiger partial charge in [-0.3, -0.25) is 19.0 Å². The van der Waals surface area contributed by atoms with Crippen LogP contribution in [0.5, 0.6) is 0 Å². The summed E-state index contributed by atoms with van der Waals surface area (Å²) in [6.45, 7) is 4.65. The maximum absolute atomic E-state index is 13.9. The van der Waals surface area contributed by atoms with Gasteiger partial charge in [-0.05, 0) is 74.4 Å². The van der Waals surface area contributed by atoms with Gasteiger partial charge in [-0.1, -0.05) is 25.1 Å². The quantitative estimate of drug-likeness (QED) is 0.0809. The summed E-state index contributed by atoms with van der Waals surface area (Å²) in [6.07, 6.45) is 4.73. The highest BCUT2D eigenvalue weighted by Gasteiger charge is 2.35. The van der Waals surface area contributed by atoms with Gasteiger partial charge in [0.1, 0.15) is 5.84 Å². The highest BCUT2D eigenvalue weighted by atomic mass is 19.2. The fraction of sp³-hybridized carbons (Fsp3) is 0.239. The molecule has 2 aliphatic rings. The third kappa shape index (κ3) is 8.48. The normalized spacial score (nSPS) is 15.1. The molecule has 1 atom stereocenters. The Balaban J connectivity index is 0.000000179. The lowest BCUT2D eigenvalue weighted by Gasteiger charge is -2.32. The number of pyridine rings is 1. The van der Waals surface area contributed by atoms with Gasteiger partial charge < -0.3 is 15.5 Å². The number of benzene rings is 3. The van der Waals surface area contributed by atoms with E-state index < -0.39 is 46.9 Å². The van der Waals surface area contributed by atoms with Gasteiger partial charge in [0.05, 0.1) is 58.3 Å². The number of amides is 2. The fourth-order valence-corrected chi connectivity index (χ4v) is 8.29. The van der Waals surface area contributed by atoms with E-state index in [0.717, 1.165) is 35.4 Å². The van der Waals surface area contributed by atoms with Crippen LogP contribution < -0.4 is 5.73 Å². The van der Waals surface area contributed by atoms with Crippen molar-refractivity contribution in [2.75, 3.05) is 13.1 Å². The number of nitrogens with zero attached hydrogens (tertiary/aromatic N) is 10. The van der Waals surface area contributed by atoms with Crippen molar-refractivity contribution in [1.82, 2.24) is 39.0 Å². The standard InChI is InChI=1S/C25H25F3N6O.C21H16F3N5O/c1-4-20(30-16-8-6-5-7-9-16)31-24(29)25(35)34-11-10-17-22(14(34)2)32-33(3)23(17)15-12-18(26)21(28)19(27)13-15;1-27-20(12-9-15(22)19(24)16(23)10-12)13-5-8-28(11-17(13)26-27)21(30)14-3-2-7-29-18(14)4-6-25-29/h5-9,12-14H,4,10-11H2,1-3H3,(H2,29,30,31);2-4,6-7,9-10H,5,8,11H2,1H3/t14-;/m0./s1. The van der Waals surface area contributed by atoms with Gasteiger partial charge >= 0.3 is 0 Å². The molecular formula is C46H41F6N11O2. The molecule has 0 aliphatic carbocycles. The summed E-state index contributed by atoms with van der Waals surface area (Å²) in [5, 5.41) is 13.1. The molecule has 0 fully saturated rings. The van der Waals surface area contributed by atoms with Crippen molar-refractivity contribution in [3.8, 4) is 22.5 Å². The highest BCUT2D eigenvalue weighted by molar-refractivity contribution is 6.39. The Kier molecular flexibility index (Phi) is 12.1. The van der Waals surface area contributed by atoms with E-state index in [1.54, 1.807) is 65.9 Å². The van der Waals surface area contributed by atoms with Crippen LogP contribution in [0.4, 0.5) is 32.0 Å². The number of aromatic nitrogens is 6. The molecule has 19 heteroatoms. The Morgan fingerprint density at radius 3 is 2.02 bits per heavy atom. The van der Waals surface area contributed by atoms with Crippen LogP contribution in [-0.2, 0) is 38.3 Å². The van der Waals surface area contributed by atoms with Crippen LogP contribution in [0.15, 0.2) is 95.2 Å². The topological polar surface area (TPSA) is 144 Å². The van der Waals surface area contributed by atoms with Crippen molar-refractivity contribution >= 4 is 34.7 Å². The van der Waals surface area contributed by atoms with Crippen LogP contribution in [0.1, 0.15) is 59.2 Å². The molecule has 334 valence electrons. The third-order valence-electron chi connectivity index (χ3n) is 11.4. The number of hydrogen-bond acceptors (Lipinski definition) is 6. The van der Waals surface area contributed by atoms with Gasteiger partial charge in [0.25, 0.3) is 11.8 Å². The van der Waals surface area contributed by atoms with Crippen molar-refractivity contribution in [3.63, 3.8) is 0 Å². The molecule has 0 radical (unpaired) electrons. The van der Waals surface area contributed by atoms with E-state index in [1.807, 2.05) is 37.3 Å². The average molecular weight is 894 g/mol. The molecule has 13 nitrogen and oxygen atoms in total. The number of nitrogens with two attached hydrogens (primary N) is 1. The SMILES string of the molecule is CCC(=Nc1ccccc1)N=C(N)C(=O)N1CCc2c(nn(C)c2-c2cc(F)c(F)c(F)c2)[C@@H]1C.Cn1nc2c(c1-c1cc(F)c(F)c(F)c1)CCN(C(=O)c1cccn3nccc13)C2. The number of aliphatic imine (C=N–C) groups is 2. The zero-order valence-electron chi connectivity index (χ0n) is 35.5. The zero-order valence-corrected chi connectivity index (χ0v) is 35.5. The minimum Gasteiger partial charge on any atom is -0.379 e. The molecule has 2 N–H and O–H groups in total. The number of hydrogen-bond donors (Lipinski definition) is 1. The van der Waals surface area contributed by atoms with E-state index in [2.05, 4.69) is 25.3 Å². The summed E-state index contributed by atoms with van der Waals surface area (Å²) in [7, 11) is 3.29. The van der Waals surface area contributed by atoms with Crippen molar-refractivity contribution < 1.29 is 35.9 Å². The second-order valence-corrected chi connectivity index (χ2v) is 15.4. The monoisotopic (exact) mass is 893 g/mol. The molecule has 9 rings (SSSR count). The van der Waals surface area contributed by atoms with Gasteiger partial charge in [0.2, 0.25) is 0 Å². The molecule has 7 aromatic rings. The molecule has 0 spiro atoms. The van der Waals surface area contributed by atoms with Crippen LogP contribution in [0.25, 0.3) is 28.0 Å². The summed E-state index contributed by atoms with van der Waals surface area (Å²) < 4.78 is 86.7. The first-order chi connectivity index (χ1) is 31.1. The lowest BCUT2D eigenvalue weighted by atomic mass is 9.95. The maximum Gasteiger partial charge on any atom is 0.289 e. The number of fused-ring (bicyclic) bond motifs is 3. The van der Waals surface area contributed by atoms with Crippen molar-refractivity contribution in [2.24, 2.45) is 29.8 Å². The molecule has 0 saturated heterocycles. The minimum atomic E-state index is -1.52. The van der Waals surface area contributed by atoms with E-state index in [9.17, 15) is 35.9 Å². The van der Waals surface area contributed by atoms with Crippen LogP contribution in [0.2, 0.25) is 0 Å². The Bertz CT molecular complexity index is 3000. The minimum absolute atomic E-state index is 0.141. The molecule has 2 aliphatic heterocycles. The summed E-state index contributed by atoms with van der Waals surface area (Å²) in [6, 6.07) is 17.9. The first kappa shape index (κ1) is 44.1. The average Bonchev–Trinajstić information content (AvgIpc) is 4.01. The second-order valence-electron chi connectivity index (χ2n) is 15.4. The smallest absolute Gasteiger partial charge is 0.289 e. The van der Waals surface area contributed by atoms with Crippen molar-refractivity contribution in [1.29, 1.82) is 0 Å². The summed E-state index contributed by atoms with van der Waals surface area (Å²) >= 11 is 0. The van der Waals surface area contributed by atoms with Crippen molar-refractivity contribution in [3.05, 3.63) is 148 Å². The van der Waals surface area contributed by atoms with Gasteiger partial charge in [0, 0.05) is 62.1 Å². The van der Waals surface area contributed by atoms with Gasteiger partial charge in [0.15, 0.2) is 40.7 Å². The fourth-order valence-electron chi connectivity index (χ4n) is 8.29. The first-order valence-corrected chi connectivity index (χ1v) is 20.5. The Hall–Kier alpha value is -7.57. The molecule has 2 amide bonds. The third-order valence-corrected chi connectivity index (χ3v) is 11.4. The molecule has 0 saturated carbocycles. The molecule has 0 unspecified atom stereocenters. The first-order valence-electron chi connectivity index (χ1n) is 20.5. The Morgan fingerprint density at radius 2 is 1.38 bits per heavy atom. The summed E-state index contributed by atoms with van der Waals surface area (Å²) in [5.41, 5.74) is 12.2. The number of para-hydroxylation sites is 1. The largest absolute Gasteiger partial charge is 0.379 e. The highest BCUT2D eigenvalue weighted by Crippen LogP contribution is 2.37. The van der Waals surface area contributed by atoms with Crippen LogP contribution in [0.3, 0.4) is 0 Å². The second kappa shape index (κ2) is 17.9. The Morgan fingerprint density at radius 1 is 0.785 bits per heavy atom. The molecule has 65 heavy (non-hydrogen) atoms. The van der Waals surface area contributed by atoms with Crippen molar-refractivity contribution in [2.45, 2.75) is 45.7 Å². The molecule has 0 bridgehead atoms. The lowest BCUT2D eigenvalue weighted by Crippen LogP contribution is -2.45. The summed E-state index contributed by atoms with van der Waals surface area (Å²) in [5.74, 6) is -8.42. The van der Waals surface area contributed by atoms with E-state index in [-0.39, 0.29) is 29.4 Å². The Labute approximate surface area is 368 Å². The number of rotatable bonds is 5. The van der Waals surface area contributed by atoms with Crippen LogP contribution in [0, 0.1) is 34.9 Å². The van der Waals surface area contributed by atoms with Gasteiger partial charge in [-0.25, -0.2) is 40.8 Å². The van der Waals surface area contributed by atoms with E-state index in [4.69, 9.17) is 5.73 Å². The molecular weight excluding hydrogens is 853 g/mol. The van der Waals surface area contributed by atoms with Gasteiger partial charge in [-0.2, -0.15) is 15.3 Å². The number of amidine groups is 2. The molecule has 6 heterocycles. The van der Waals surface area contributed by atoms with E-state index in [0.29, 0.717) is 77.7 Å². The number of halogens is 6. The van der Waals surface area contributed by atoms with Crippen LogP contribution >= 0.6 is 0 Å². The zero-order chi connectivity index (χ0) is 46.3. The van der Waals surface area contributed by atoms with E-state index >= 15 is 0 Å². The maximum atomic E-state index is 13.9. The predicted molar refractivity (Wildman–Crippen MR) is 230 cm³/mol. The molecule has 3 aromatic carbocycles. The number of aryl methyl sites for hydroxylation is 2. The molecule has 4 aromatic heterocycles. The summed E-state index contributed by atoms with van der Waals surface area (Å²) in [4.78, 5) is 38.2. The predicted octanol–water partition coefficient (Wildman–Crippen LogP) is 7.80. The van der Waals surface area contributed by atoms with Crippen LogP contribution in [-0.4, -0.2) is 75.5 Å². The number of carbonyl (C=O) groups is 2. The number of carbonyl (C=O) groups excluding carboxylic acids is 2.